The lowest BCUT2D eigenvalue weighted by atomic mass is 9.82. The van der Waals surface area contributed by atoms with Gasteiger partial charge in [0.05, 0.1) is 52.6 Å². The number of fused-ring (bicyclic) bond motifs is 2. The average molecular weight is 686 g/mol. The van der Waals surface area contributed by atoms with Crippen LogP contribution in [-0.2, 0) is 31.3 Å². The van der Waals surface area contributed by atoms with Crippen LogP contribution in [-0.4, -0.2) is 79.4 Å². The van der Waals surface area contributed by atoms with Crippen molar-refractivity contribution in [2.45, 2.75) is 82.1 Å². The lowest BCUT2D eigenvalue weighted by Gasteiger charge is -2.37. The number of hydrogen-bond acceptors (Lipinski definition) is 7. The molecule has 6 rings (SSSR count). The normalized spacial score (nSPS) is 25.5. The fourth-order valence-corrected chi connectivity index (χ4v) is 12.4. The van der Waals surface area contributed by atoms with Gasteiger partial charge in [-0.3, -0.25) is 14.4 Å². The molecule has 3 N–H and O–H groups in total. The molecule has 2 fully saturated rings. The molecule has 2 saturated heterocycles. The maximum absolute atomic E-state index is 15.1. The zero-order chi connectivity index (χ0) is 35.1. The molecule has 260 valence electrons. The number of hydrogen-bond donors (Lipinski definition) is 3. The Hall–Kier alpha value is -4.03. The van der Waals surface area contributed by atoms with Crippen LogP contribution in [0.15, 0.2) is 72.8 Å². The first-order chi connectivity index (χ1) is 23.4. The highest BCUT2D eigenvalue weighted by Gasteiger charge is 2.66. The van der Waals surface area contributed by atoms with Crippen molar-refractivity contribution in [1.29, 1.82) is 0 Å². The van der Waals surface area contributed by atoms with E-state index in [2.05, 4.69) is 37.5 Å². The molecule has 3 aliphatic heterocycles. The minimum Gasteiger partial charge on any atom is -0.497 e. The van der Waals surface area contributed by atoms with Crippen LogP contribution in [0.4, 0.5) is 11.4 Å². The molecular formula is C38H47N3O7Si. The number of nitrogens with zero attached hydrogens (tertiary/aromatic N) is 2. The number of benzene rings is 3. The van der Waals surface area contributed by atoms with Gasteiger partial charge in [-0.05, 0) is 61.2 Å². The van der Waals surface area contributed by atoms with Gasteiger partial charge in [0, 0.05) is 23.7 Å². The number of carbonyl (C=O) groups is 3. The predicted molar refractivity (Wildman–Crippen MR) is 190 cm³/mol. The summed E-state index contributed by atoms with van der Waals surface area (Å²) in [7, 11) is -0.874. The van der Waals surface area contributed by atoms with Crippen molar-refractivity contribution < 1.29 is 34.1 Å². The molecule has 0 radical (unpaired) electrons. The molecule has 6 atom stereocenters. The van der Waals surface area contributed by atoms with Gasteiger partial charge in [-0.2, -0.15) is 0 Å². The van der Waals surface area contributed by atoms with Crippen molar-refractivity contribution >= 4 is 42.4 Å². The summed E-state index contributed by atoms with van der Waals surface area (Å²) in [5.41, 5.74) is 1.13. The minimum atomic E-state index is -2.51. The Kier molecular flexibility index (Phi) is 9.74. The molecule has 0 bridgehead atoms. The topological polar surface area (TPSA) is 129 Å². The van der Waals surface area contributed by atoms with Gasteiger partial charge in [0.15, 0.2) is 5.60 Å². The van der Waals surface area contributed by atoms with Gasteiger partial charge in [-0.25, -0.2) is 0 Å². The van der Waals surface area contributed by atoms with E-state index in [9.17, 15) is 19.8 Å². The van der Waals surface area contributed by atoms with E-state index in [0.29, 0.717) is 30.0 Å². The smallest absolute Gasteiger partial charge is 0.264 e. The third kappa shape index (κ3) is 6.18. The Labute approximate surface area is 289 Å². The summed E-state index contributed by atoms with van der Waals surface area (Å²) in [6.45, 7) is 8.82. The van der Waals surface area contributed by atoms with E-state index in [0.717, 1.165) is 29.3 Å². The van der Waals surface area contributed by atoms with E-state index in [1.165, 1.54) is 6.92 Å². The Morgan fingerprint density at radius 3 is 2.47 bits per heavy atom. The highest BCUT2D eigenvalue weighted by molar-refractivity contribution is 6.91. The number of carbonyl (C=O) groups excluding carboxylic acids is 3. The standard InChI is InChI=1S/C38H47N3O7Si/c1-24-35(49(4,5)30-16-14-29(47-3)15-17-30)33(21-34(44)40-19-9-12-28(40)23-42)48-38(24)31-20-27(39-36(45)25(2)43)13-18-32(31)41(37(38)46)22-26-10-7-6-8-11-26/h6-8,10-11,13-18,20,24-25,28,33,35,42-43H,9,12,19,21-23H2,1-5H3,(H,39,45)/t24-,25+,28+,33+,35-,38+/m1/s1. The van der Waals surface area contributed by atoms with Crippen LogP contribution in [0.3, 0.4) is 0 Å². The maximum atomic E-state index is 15.1. The number of anilines is 2. The number of methoxy groups -OCH3 is 1. The highest BCUT2D eigenvalue weighted by Crippen LogP contribution is 2.60. The largest absolute Gasteiger partial charge is 0.497 e. The molecule has 3 amide bonds. The van der Waals surface area contributed by atoms with Crippen LogP contribution in [0.5, 0.6) is 5.75 Å². The van der Waals surface area contributed by atoms with E-state index in [-0.39, 0.29) is 42.3 Å². The van der Waals surface area contributed by atoms with Crippen molar-refractivity contribution in [1.82, 2.24) is 4.90 Å². The SMILES string of the molecule is COc1ccc([Si](C)(C)[C@H]2[C@H](CC(=O)N3CCC[C@H]3CO)O[C@@]3(C(=O)N(Cc4ccccc4)c4ccc(NC(=O)[C@H](C)O)cc43)[C@@H]2C)cc1. The van der Waals surface area contributed by atoms with Crippen LogP contribution in [0.1, 0.15) is 44.2 Å². The minimum absolute atomic E-state index is 0.0829. The van der Waals surface area contributed by atoms with Gasteiger partial charge in [0.2, 0.25) is 5.91 Å². The molecule has 11 heteroatoms. The van der Waals surface area contributed by atoms with Gasteiger partial charge in [-0.15, -0.1) is 0 Å². The number of amides is 3. The Morgan fingerprint density at radius 1 is 1.10 bits per heavy atom. The number of likely N-dealkylation sites (tertiary alicyclic amines) is 1. The van der Waals surface area contributed by atoms with E-state index in [4.69, 9.17) is 9.47 Å². The predicted octanol–water partition coefficient (Wildman–Crippen LogP) is 4.15. The van der Waals surface area contributed by atoms with E-state index >= 15 is 4.79 Å². The summed E-state index contributed by atoms with van der Waals surface area (Å²) in [5.74, 6) is -0.444. The summed E-state index contributed by atoms with van der Waals surface area (Å²) >= 11 is 0. The third-order valence-corrected chi connectivity index (χ3v) is 15.3. The first-order valence-electron chi connectivity index (χ1n) is 17.1. The fourth-order valence-electron chi connectivity index (χ4n) is 8.40. The van der Waals surface area contributed by atoms with Crippen LogP contribution >= 0.6 is 0 Å². The average Bonchev–Trinajstić information content (AvgIpc) is 3.76. The van der Waals surface area contributed by atoms with E-state index in [1.807, 2.05) is 48.5 Å². The molecule has 0 aliphatic carbocycles. The molecule has 3 aromatic carbocycles. The lowest BCUT2D eigenvalue weighted by molar-refractivity contribution is -0.150. The fraction of sp³-hybridized carbons (Fsp3) is 0.447. The molecule has 49 heavy (non-hydrogen) atoms. The van der Waals surface area contributed by atoms with Crippen LogP contribution in [0.25, 0.3) is 0 Å². The van der Waals surface area contributed by atoms with Crippen molar-refractivity contribution in [3.63, 3.8) is 0 Å². The van der Waals surface area contributed by atoms with Crippen molar-refractivity contribution in [3.05, 3.63) is 83.9 Å². The van der Waals surface area contributed by atoms with Crippen molar-refractivity contribution in [3.8, 4) is 5.75 Å². The first-order valence-corrected chi connectivity index (χ1v) is 20.2. The summed E-state index contributed by atoms with van der Waals surface area (Å²) in [6.07, 6.45) is -0.135. The molecule has 0 aromatic heterocycles. The summed E-state index contributed by atoms with van der Waals surface area (Å²) in [4.78, 5) is 45.2. The molecule has 3 aliphatic rings. The summed E-state index contributed by atoms with van der Waals surface area (Å²) < 4.78 is 12.6. The molecule has 1 spiro atoms. The van der Waals surface area contributed by atoms with Crippen LogP contribution < -0.4 is 20.1 Å². The van der Waals surface area contributed by atoms with Gasteiger partial charge < -0.3 is 34.8 Å². The van der Waals surface area contributed by atoms with Crippen molar-refractivity contribution in [2.24, 2.45) is 5.92 Å². The first kappa shape index (κ1) is 34.8. The summed E-state index contributed by atoms with van der Waals surface area (Å²) in [6, 6.07) is 23.0. The quantitative estimate of drug-likeness (QED) is 0.274. The zero-order valence-electron chi connectivity index (χ0n) is 28.9. The number of aliphatic hydroxyl groups is 2. The van der Waals surface area contributed by atoms with E-state index < -0.39 is 31.8 Å². The maximum Gasteiger partial charge on any atom is 0.264 e. The molecular weight excluding hydrogens is 639 g/mol. The molecule has 3 heterocycles. The third-order valence-electron chi connectivity index (χ3n) is 10.9. The second-order valence-electron chi connectivity index (χ2n) is 14.2. The van der Waals surface area contributed by atoms with Crippen LogP contribution in [0, 0.1) is 5.92 Å². The zero-order valence-corrected chi connectivity index (χ0v) is 29.9. The van der Waals surface area contributed by atoms with Crippen LogP contribution in [0.2, 0.25) is 18.6 Å². The Morgan fingerprint density at radius 2 is 1.82 bits per heavy atom. The number of ether oxygens (including phenoxy) is 2. The van der Waals surface area contributed by atoms with Gasteiger partial charge >= 0.3 is 0 Å². The van der Waals surface area contributed by atoms with Gasteiger partial charge in [-0.1, -0.05) is 67.7 Å². The number of aliphatic hydroxyl groups excluding tert-OH is 2. The van der Waals surface area contributed by atoms with Gasteiger partial charge in [0.1, 0.15) is 11.9 Å². The van der Waals surface area contributed by atoms with E-state index in [1.54, 1.807) is 29.0 Å². The summed E-state index contributed by atoms with van der Waals surface area (Å²) in [5, 5.41) is 23.9. The second kappa shape index (κ2) is 13.7. The lowest BCUT2D eigenvalue weighted by Crippen LogP contribution is -2.52. The number of nitrogens with one attached hydrogen (secondary N) is 1. The second-order valence-corrected chi connectivity index (χ2v) is 18.9. The Bertz CT molecular complexity index is 1700. The highest BCUT2D eigenvalue weighted by atomic mass is 28.3. The van der Waals surface area contributed by atoms with Crippen molar-refractivity contribution in [2.75, 3.05) is 30.5 Å². The molecule has 0 saturated carbocycles. The monoisotopic (exact) mass is 685 g/mol. The Balaban J connectivity index is 1.47. The molecule has 3 aromatic rings. The van der Waals surface area contributed by atoms with Gasteiger partial charge in [0.25, 0.3) is 11.8 Å². The molecule has 10 nitrogen and oxygen atoms in total. The number of rotatable bonds is 10. The molecule has 0 unspecified atom stereocenters.